The SMILES string of the molecule is CCCC(CN)N1CC(CC)C1. The van der Waals surface area contributed by atoms with Crippen LogP contribution in [0.1, 0.15) is 33.1 Å². The van der Waals surface area contributed by atoms with Crippen molar-refractivity contribution in [3.8, 4) is 0 Å². The van der Waals surface area contributed by atoms with Gasteiger partial charge in [-0.15, -0.1) is 0 Å². The van der Waals surface area contributed by atoms with Gasteiger partial charge in [0, 0.05) is 25.7 Å². The van der Waals surface area contributed by atoms with Crippen molar-refractivity contribution in [2.45, 2.75) is 39.2 Å². The molecule has 0 aromatic heterocycles. The molecular weight excluding hydrogens is 148 g/mol. The molecule has 1 rings (SSSR count). The van der Waals surface area contributed by atoms with Crippen LogP contribution in [0.4, 0.5) is 0 Å². The van der Waals surface area contributed by atoms with Gasteiger partial charge in [-0.3, -0.25) is 4.90 Å². The normalized spacial score (nSPS) is 22.2. The number of hydrogen-bond acceptors (Lipinski definition) is 2. The maximum Gasteiger partial charge on any atom is 0.0218 e. The zero-order chi connectivity index (χ0) is 8.97. The van der Waals surface area contributed by atoms with Crippen molar-refractivity contribution in [2.24, 2.45) is 11.7 Å². The topological polar surface area (TPSA) is 29.3 Å². The highest BCUT2D eigenvalue weighted by Gasteiger charge is 2.29. The minimum atomic E-state index is 0.665. The molecule has 1 fully saturated rings. The minimum Gasteiger partial charge on any atom is -0.329 e. The Hall–Kier alpha value is -0.0800. The lowest BCUT2D eigenvalue weighted by Gasteiger charge is -2.44. The summed E-state index contributed by atoms with van der Waals surface area (Å²) in [7, 11) is 0. The molecule has 1 saturated heterocycles. The molecule has 1 heterocycles. The molecule has 0 aliphatic carbocycles. The van der Waals surface area contributed by atoms with Gasteiger partial charge in [-0.05, 0) is 12.3 Å². The lowest BCUT2D eigenvalue weighted by Crippen LogP contribution is -2.54. The highest BCUT2D eigenvalue weighted by molar-refractivity contribution is 4.84. The van der Waals surface area contributed by atoms with Crippen molar-refractivity contribution in [3.63, 3.8) is 0 Å². The van der Waals surface area contributed by atoms with Gasteiger partial charge in [0.15, 0.2) is 0 Å². The summed E-state index contributed by atoms with van der Waals surface area (Å²) >= 11 is 0. The molecule has 1 aliphatic heterocycles. The number of hydrogen-bond donors (Lipinski definition) is 1. The third-order valence-electron chi connectivity index (χ3n) is 2.97. The second-order valence-corrected chi connectivity index (χ2v) is 3.91. The Labute approximate surface area is 76.1 Å². The Morgan fingerprint density at radius 3 is 2.50 bits per heavy atom. The standard InChI is InChI=1S/C10H22N2/c1-3-5-10(6-11)12-7-9(4-2)8-12/h9-10H,3-8,11H2,1-2H3. The molecule has 2 N–H and O–H groups in total. The first-order chi connectivity index (χ1) is 5.81. The zero-order valence-electron chi connectivity index (χ0n) is 8.42. The van der Waals surface area contributed by atoms with Gasteiger partial charge in [0.2, 0.25) is 0 Å². The monoisotopic (exact) mass is 170 g/mol. The maximum atomic E-state index is 5.71. The van der Waals surface area contributed by atoms with E-state index >= 15 is 0 Å². The average Bonchev–Trinajstić information content (AvgIpc) is 2.01. The summed E-state index contributed by atoms with van der Waals surface area (Å²) in [5.41, 5.74) is 5.71. The molecule has 1 atom stereocenters. The van der Waals surface area contributed by atoms with Crippen molar-refractivity contribution in [2.75, 3.05) is 19.6 Å². The third-order valence-corrected chi connectivity index (χ3v) is 2.97. The third kappa shape index (κ3) is 2.20. The van der Waals surface area contributed by atoms with Crippen LogP contribution in [0.2, 0.25) is 0 Å². The van der Waals surface area contributed by atoms with E-state index in [2.05, 4.69) is 18.7 Å². The Bertz CT molecular complexity index is 119. The van der Waals surface area contributed by atoms with Crippen molar-refractivity contribution < 1.29 is 0 Å². The quantitative estimate of drug-likeness (QED) is 0.677. The molecule has 0 saturated carbocycles. The molecule has 0 aromatic rings. The lowest BCUT2D eigenvalue weighted by atomic mass is 9.94. The molecule has 72 valence electrons. The summed E-state index contributed by atoms with van der Waals surface area (Å²) < 4.78 is 0. The van der Waals surface area contributed by atoms with Gasteiger partial charge in [-0.2, -0.15) is 0 Å². The van der Waals surface area contributed by atoms with Crippen LogP contribution in [-0.4, -0.2) is 30.6 Å². The van der Waals surface area contributed by atoms with E-state index in [1.165, 1.54) is 32.4 Å². The zero-order valence-corrected chi connectivity index (χ0v) is 8.42. The molecule has 0 aromatic carbocycles. The summed E-state index contributed by atoms with van der Waals surface area (Å²) in [6.45, 7) is 7.93. The van der Waals surface area contributed by atoms with E-state index in [9.17, 15) is 0 Å². The van der Waals surface area contributed by atoms with Crippen LogP contribution in [0.3, 0.4) is 0 Å². The van der Waals surface area contributed by atoms with E-state index in [1.807, 2.05) is 0 Å². The Kier molecular flexibility index (Phi) is 4.02. The molecule has 0 bridgehead atoms. The Morgan fingerprint density at radius 1 is 1.42 bits per heavy atom. The first kappa shape index (κ1) is 10.0. The molecule has 1 aliphatic rings. The van der Waals surface area contributed by atoms with Crippen molar-refractivity contribution >= 4 is 0 Å². The van der Waals surface area contributed by atoms with Gasteiger partial charge in [-0.25, -0.2) is 0 Å². The highest BCUT2D eigenvalue weighted by Crippen LogP contribution is 2.22. The predicted octanol–water partition coefficient (Wildman–Crippen LogP) is 1.46. The summed E-state index contributed by atoms with van der Waals surface area (Å²) in [5.74, 6) is 0.955. The van der Waals surface area contributed by atoms with Crippen molar-refractivity contribution in [1.29, 1.82) is 0 Å². The smallest absolute Gasteiger partial charge is 0.0218 e. The van der Waals surface area contributed by atoms with Crippen LogP contribution in [0.25, 0.3) is 0 Å². The summed E-state index contributed by atoms with van der Waals surface area (Å²) in [4.78, 5) is 2.54. The lowest BCUT2D eigenvalue weighted by molar-refractivity contribution is 0.0498. The Balaban J connectivity index is 2.19. The molecule has 0 spiro atoms. The highest BCUT2D eigenvalue weighted by atomic mass is 15.2. The van der Waals surface area contributed by atoms with E-state index in [4.69, 9.17) is 5.73 Å². The molecule has 0 amide bonds. The number of likely N-dealkylation sites (tertiary alicyclic amines) is 1. The largest absolute Gasteiger partial charge is 0.329 e. The van der Waals surface area contributed by atoms with E-state index in [1.54, 1.807) is 0 Å². The molecular formula is C10H22N2. The summed E-state index contributed by atoms with van der Waals surface area (Å²) in [5, 5.41) is 0. The van der Waals surface area contributed by atoms with E-state index in [0.717, 1.165) is 12.5 Å². The molecule has 2 nitrogen and oxygen atoms in total. The first-order valence-electron chi connectivity index (χ1n) is 5.25. The maximum absolute atomic E-state index is 5.71. The number of rotatable bonds is 5. The van der Waals surface area contributed by atoms with E-state index in [0.29, 0.717) is 6.04 Å². The second-order valence-electron chi connectivity index (χ2n) is 3.91. The van der Waals surface area contributed by atoms with E-state index in [-0.39, 0.29) is 0 Å². The average molecular weight is 170 g/mol. The van der Waals surface area contributed by atoms with Crippen LogP contribution in [-0.2, 0) is 0 Å². The summed E-state index contributed by atoms with van der Waals surface area (Å²) in [6, 6.07) is 0.665. The van der Waals surface area contributed by atoms with Gasteiger partial charge in [-0.1, -0.05) is 26.7 Å². The van der Waals surface area contributed by atoms with Crippen LogP contribution in [0.5, 0.6) is 0 Å². The van der Waals surface area contributed by atoms with Crippen LogP contribution < -0.4 is 5.73 Å². The fourth-order valence-corrected chi connectivity index (χ4v) is 1.95. The second kappa shape index (κ2) is 4.83. The Morgan fingerprint density at radius 2 is 2.08 bits per heavy atom. The van der Waals surface area contributed by atoms with Crippen LogP contribution in [0, 0.1) is 5.92 Å². The molecule has 1 unspecified atom stereocenters. The molecule has 2 heteroatoms. The fraction of sp³-hybridized carbons (Fsp3) is 1.00. The molecule has 12 heavy (non-hydrogen) atoms. The van der Waals surface area contributed by atoms with Crippen LogP contribution >= 0.6 is 0 Å². The fourth-order valence-electron chi connectivity index (χ4n) is 1.95. The number of nitrogens with two attached hydrogens (primary N) is 1. The van der Waals surface area contributed by atoms with Crippen molar-refractivity contribution in [3.05, 3.63) is 0 Å². The minimum absolute atomic E-state index is 0.665. The molecule has 0 radical (unpaired) electrons. The van der Waals surface area contributed by atoms with Gasteiger partial charge in [0.1, 0.15) is 0 Å². The number of nitrogens with zero attached hydrogens (tertiary/aromatic N) is 1. The first-order valence-corrected chi connectivity index (χ1v) is 5.25. The van der Waals surface area contributed by atoms with Gasteiger partial charge >= 0.3 is 0 Å². The van der Waals surface area contributed by atoms with Gasteiger partial charge < -0.3 is 5.73 Å². The van der Waals surface area contributed by atoms with Crippen molar-refractivity contribution in [1.82, 2.24) is 4.90 Å². The predicted molar refractivity (Wildman–Crippen MR) is 53.1 cm³/mol. The van der Waals surface area contributed by atoms with Gasteiger partial charge in [0.25, 0.3) is 0 Å². The summed E-state index contributed by atoms with van der Waals surface area (Å²) in [6.07, 6.45) is 3.86. The van der Waals surface area contributed by atoms with Gasteiger partial charge in [0.05, 0.1) is 0 Å². The van der Waals surface area contributed by atoms with E-state index < -0.39 is 0 Å². The van der Waals surface area contributed by atoms with Crippen LogP contribution in [0.15, 0.2) is 0 Å².